The molecule has 0 bridgehead atoms. The molecule has 4 rings (SSSR count). The number of hydrogen-bond donors (Lipinski definition) is 5. The van der Waals surface area contributed by atoms with Crippen molar-refractivity contribution in [1.82, 2.24) is 26.2 Å². The molecule has 13 nitrogen and oxygen atoms in total. The molecule has 1 aromatic carbocycles. The molecule has 6 atom stereocenters. The second-order valence-corrected chi connectivity index (χ2v) is 14.9. The van der Waals surface area contributed by atoms with Crippen LogP contribution in [-0.2, 0) is 30.5 Å². The molecule has 1 saturated heterocycles. The number of carbonyl (C=O) groups excluding carboxylic acids is 6. The van der Waals surface area contributed by atoms with E-state index in [0.29, 0.717) is 13.1 Å². The molecular formula is C34H48N6O7. The smallest absolute Gasteiger partial charge is 0.407 e. The standard InChI is InChI=1S/C34H48N6O7/c1-33(2,3)24(18-47-32(46)36-16-20-10-8-7-9-11-20)38-31(45)39-27(34(4,5)6)30(44)40-17-21-15-22(21)25(40)29(43)37-23(14-19-12-13-19)26(41)28(35)42/h7-13,19,21-25,27H,14-18H2,1-6H3,(H2,35,42)(H,36,46)(H,37,43)(H2,38,39,45)/t21-,22-,23?,24+,25?,27?/m0/s1. The lowest BCUT2D eigenvalue weighted by Gasteiger charge is -2.37. The average Bonchev–Trinajstić information content (AvgIpc) is 3.93. The number of urea groups is 1. The number of primary amides is 1. The first kappa shape index (κ1) is 35.4. The zero-order chi connectivity index (χ0) is 34.7. The number of nitrogens with two attached hydrogens (primary N) is 1. The summed E-state index contributed by atoms with van der Waals surface area (Å²) in [4.78, 5) is 79.1. The van der Waals surface area contributed by atoms with Gasteiger partial charge >= 0.3 is 12.1 Å². The van der Waals surface area contributed by atoms with Crippen LogP contribution in [0, 0.1) is 28.6 Å². The molecule has 47 heavy (non-hydrogen) atoms. The third kappa shape index (κ3) is 9.55. The summed E-state index contributed by atoms with van der Waals surface area (Å²) in [6.07, 6.45) is 4.08. The highest BCUT2D eigenvalue weighted by atomic mass is 16.5. The minimum atomic E-state index is -1.13. The molecule has 1 aromatic rings. The van der Waals surface area contributed by atoms with Gasteiger partial charge in [-0.1, -0.05) is 84.0 Å². The predicted molar refractivity (Wildman–Crippen MR) is 173 cm³/mol. The fourth-order valence-corrected chi connectivity index (χ4v) is 5.83. The minimum Gasteiger partial charge on any atom is -0.447 e. The van der Waals surface area contributed by atoms with E-state index in [9.17, 15) is 28.8 Å². The molecule has 256 valence electrons. The van der Waals surface area contributed by atoms with Crippen LogP contribution in [0.5, 0.6) is 0 Å². The molecule has 0 aromatic heterocycles. The van der Waals surface area contributed by atoms with Crippen molar-refractivity contribution in [1.29, 1.82) is 0 Å². The zero-order valence-corrected chi connectivity index (χ0v) is 28.0. The predicted octanol–water partition coefficient (Wildman–Crippen LogP) is 2.00. The zero-order valence-electron chi connectivity index (χ0n) is 28.0. The number of ketones is 1. The summed E-state index contributed by atoms with van der Waals surface area (Å²) in [5.41, 5.74) is 4.90. The molecule has 3 unspecified atom stereocenters. The van der Waals surface area contributed by atoms with Crippen LogP contribution in [0.4, 0.5) is 9.59 Å². The number of piperidine rings is 1. The SMILES string of the molecule is CC(C)(C)C(NC(=O)N[C@H](COC(=O)NCc1ccccc1)C(C)(C)C)C(=O)N1C[C@@H]2C[C@@H]2C1C(=O)NC(CC1C=C1)C(=O)C(N)=O. The van der Waals surface area contributed by atoms with Crippen molar-refractivity contribution >= 4 is 35.6 Å². The molecule has 3 aliphatic rings. The van der Waals surface area contributed by atoms with E-state index in [1.807, 2.05) is 84.0 Å². The summed E-state index contributed by atoms with van der Waals surface area (Å²) in [6.45, 7) is 11.6. The number of benzene rings is 1. The number of amides is 6. The van der Waals surface area contributed by atoms with Crippen molar-refractivity contribution in [3.8, 4) is 0 Å². The van der Waals surface area contributed by atoms with Crippen LogP contribution < -0.4 is 27.0 Å². The highest BCUT2D eigenvalue weighted by Crippen LogP contribution is 2.50. The Kier molecular flexibility index (Phi) is 10.7. The summed E-state index contributed by atoms with van der Waals surface area (Å²) >= 11 is 0. The van der Waals surface area contributed by atoms with Crippen molar-refractivity contribution in [2.24, 2.45) is 34.3 Å². The number of fused-ring (bicyclic) bond motifs is 1. The summed E-state index contributed by atoms with van der Waals surface area (Å²) in [6, 6.07) is 5.22. The number of alkyl carbamates (subject to hydrolysis) is 1. The normalized spacial score (nSPS) is 21.8. The van der Waals surface area contributed by atoms with Crippen LogP contribution in [0.15, 0.2) is 42.5 Å². The Bertz CT molecular complexity index is 1390. The Morgan fingerprint density at radius 1 is 0.936 bits per heavy atom. The Morgan fingerprint density at radius 2 is 1.60 bits per heavy atom. The topological polar surface area (TPSA) is 189 Å². The van der Waals surface area contributed by atoms with Crippen LogP contribution >= 0.6 is 0 Å². The largest absolute Gasteiger partial charge is 0.447 e. The molecule has 1 heterocycles. The molecule has 1 saturated carbocycles. The Balaban J connectivity index is 1.39. The maximum absolute atomic E-state index is 14.1. The number of Topliss-reactive ketones (excluding diaryl/α,β-unsaturated/α-hetero) is 1. The number of nitrogens with zero attached hydrogens (tertiary/aromatic N) is 1. The van der Waals surface area contributed by atoms with E-state index in [-0.39, 0.29) is 30.8 Å². The van der Waals surface area contributed by atoms with Crippen molar-refractivity contribution in [2.45, 2.75) is 85.1 Å². The van der Waals surface area contributed by atoms with Crippen LogP contribution in [0.2, 0.25) is 0 Å². The first-order valence-corrected chi connectivity index (χ1v) is 16.1. The van der Waals surface area contributed by atoms with Crippen molar-refractivity contribution < 1.29 is 33.5 Å². The summed E-state index contributed by atoms with van der Waals surface area (Å²) < 4.78 is 5.43. The molecule has 6 amide bonds. The second kappa shape index (κ2) is 14.1. The number of nitrogens with one attached hydrogen (secondary N) is 4. The lowest BCUT2D eigenvalue weighted by atomic mass is 9.85. The van der Waals surface area contributed by atoms with Crippen LogP contribution in [0.25, 0.3) is 0 Å². The number of ether oxygens (including phenoxy) is 1. The van der Waals surface area contributed by atoms with Gasteiger partial charge in [-0.3, -0.25) is 19.2 Å². The number of rotatable bonds is 13. The first-order chi connectivity index (χ1) is 22.0. The van der Waals surface area contributed by atoms with E-state index in [2.05, 4.69) is 21.3 Å². The highest BCUT2D eigenvalue weighted by molar-refractivity contribution is 6.37. The lowest BCUT2D eigenvalue weighted by Crippen LogP contribution is -2.62. The van der Waals surface area contributed by atoms with Gasteiger partial charge in [-0.25, -0.2) is 9.59 Å². The molecule has 6 N–H and O–H groups in total. The second-order valence-electron chi connectivity index (χ2n) is 14.9. The first-order valence-electron chi connectivity index (χ1n) is 16.1. The molecule has 0 radical (unpaired) electrons. The van der Waals surface area contributed by atoms with Gasteiger partial charge in [0.05, 0.1) is 12.1 Å². The summed E-state index contributed by atoms with van der Waals surface area (Å²) in [7, 11) is 0. The van der Waals surface area contributed by atoms with Gasteiger partial charge in [0.25, 0.3) is 5.91 Å². The van der Waals surface area contributed by atoms with Gasteiger partial charge in [-0.2, -0.15) is 0 Å². The van der Waals surface area contributed by atoms with Gasteiger partial charge in [0, 0.05) is 13.1 Å². The fourth-order valence-electron chi connectivity index (χ4n) is 5.83. The lowest BCUT2D eigenvalue weighted by molar-refractivity contribution is -0.144. The van der Waals surface area contributed by atoms with Crippen LogP contribution in [0.3, 0.4) is 0 Å². The molecule has 0 spiro atoms. The molecule has 2 aliphatic carbocycles. The maximum atomic E-state index is 14.1. The Labute approximate surface area is 275 Å². The quantitative estimate of drug-likeness (QED) is 0.159. The average molecular weight is 653 g/mol. The van der Waals surface area contributed by atoms with Gasteiger partial charge in [0.1, 0.15) is 18.7 Å². The maximum Gasteiger partial charge on any atom is 0.407 e. The van der Waals surface area contributed by atoms with E-state index < -0.39 is 70.6 Å². The summed E-state index contributed by atoms with van der Waals surface area (Å²) in [5.74, 6) is -2.90. The van der Waals surface area contributed by atoms with Crippen LogP contribution in [-0.4, -0.2) is 77.8 Å². The Morgan fingerprint density at radius 3 is 2.17 bits per heavy atom. The van der Waals surface area contributed by atoms with Crippen molar-refractivity contribution in [3.05, 3.63) is 48.0 Å². The number of allylic oxidation sites excluding steroid dienone is 2. The number of carbonyl (C=O) groups is 6. The third-order valence-corrected chi connectivity index (χ3v) is 8.95. The van der Waals surface area contributed by atoms with Crippen LogP contribution in [0.1, 0.15) is 59.9 Å². The number of hydrogen-bond acceptors (Lipinski definition) is 7. The van der Waals surface area contributed by atoms with E-state index in [4.69, 9.17) is 10.5 Å². The summed E-state index contributed by atoms with van der Waals surface area (Å²) in [5, 5.41) is 11.1. The van der Waals surface area contributed by atoms with Gasteiger partial charge in [-0.15, -0.1) is 0 Å². The molecule has 13 heteroatoms. The van der Waals surface area contributed by atoms with E-state index in [1.165, 1.54) is 4.90 Å². The third-order valence-electron chi connectivity index (χ3n) is 8.95. The van der Waals surface area contributed by atoms with E-state index >= 15 is 0 Å². The van der Waals surface area contributed by atoms with E-state index in [1.54, 1.807) is 0 Å². The van der Waals surface area contributed by atoms with Gasteiger partial charge in [0.15, 0.2) is 0 Å². The monoisotopic (exact) mass is 652 g/mol. The van der Waals surface area contributed by atoms with Gasteiger partial charge < -0.3 is 36.6 Å². The highest BCUT2D eigenvalue weighted by Gasteiger charge is 2.58. The van der Waals surface area contributed by atoms with Gasteiger partial charge in [0.2, 0.25) is 17.6 Å². The van der Waals surface area contributed by atoms with Crippen molar-refractivity contribution in [2.75, 3.05) is 13.2 Å². The van der Waals surface area contributed by atoms with Gasteiger partial charge in [-0.05, 0) is 47.0 Å². The fraction of sp³-hybridized carbons (Fsp3) is 0.588. The number of likely N-dealkylation sites (tertiary alicyclic amines) is 1. The molecule has 1 aliphatic heterocycles. The Hall–Kier alpha value is -4.42. The van der Waals surface area contributed by atoms with Crippen molar-refractivity contribution in [3.63, 3.8) is 0 Å². The molecule has 2 fully saturated rings. The van der Waals surface area contributed by atoms with E-state index in [0.717, 1.165) is 12.0 Å². The minimum absolute atomic E-state index is 0.00225. The molecular weight excluding hydrogens is 604 g/mol.